The van der Waals surface area contributed by atoms with E-state index in [1.165, 1.54) is 31.4 Å². The van der Waals surface area contributed by atoms with E-state index in [9.17, 15) is 59.9 Å². The number of phosphoric ester groups is 1. The van der Waals surface area contributed by atoms with Crippen molar-refractivity contribution in [1.82, 2.24) is 0 Å². The van der Waals surface area contributed by atoms with Crippen molar-refractivity contribution in [2.75, 3.05) is 13.2 Å². The SMILES string of the molecule is CCCCC/C=C\C/C=C\C/C=C\C/C=C\CCCC(=O)O[C@@H]1COC(=O)CCC/C=C/C[C@@H]2[C@@H](O)[C@H](O)[C@@H](O)[C@H](OP(=O)(O)OC1)[C@H](O)[C@H](O)[C@@H](/C=C/[C@@H](O)CCCCC)[C@H](O)C[C@@H]2O. The molecule has 13 atom stereocenters. The van der Waals surface area contributed by atoms with Crippen LogP contribution in [0.2, 0.25) is 0 Å². The van der Waals surface area contributed by atoms with E-state index in [1.54, 1.807) is 12.2 Å². The van der Waals surface area contributed by atoms with Crippen LogP contribution in [0.25, 0.3) is 0 Å². The number of allylic oxidation sites excluding steroid dienone is 10. The first kappa shape index (κ1) is 59.3. The number of esters is 2. The minimum atomic E-state index is -5.46. The summed E-state index contributed by atoms with van der Waals surface area (Å²) in [5, 5.41) is 90.1. The number of phosphoric acid groups is 1. The number of carbonyl (C=O) groups excluding carboxylic acids is 2. The molecule has 0 amide bonds. The molecule has 2 rings (SSSR count). The molecule has 1 aliphatic carbocycles. The zero-order chi connectivity index (χ0) is 48.7. The summed E-state index contributed by atoms with van der Waals surface area (Å²) >= 11 is 0. The van der Waals surface area contributed by atoms with E-state index < -0.39 is 112 Å². The highest BCUT2D eigenvalue weighted by atomic mass is 31.2. The van der Waals surface area contributed by atoms with Crippen LogP contribution in [0.1, 0.15) is 136 Å². The Morgan fingerprint density at radius 1 is 0.773 bits per heavy atom. The van der Waals surface area contributed by atoms with Gasteiger partial charge in [-0.15, -0.1) is 0 Å². The van der Waals surface area contributed by atoms with E-state index in [0.717, 1.165) is 38.5 Å². The fourth-order valence-electron chi connectivity index (χ4n) is 7.57. The second-order valence-corrected chi connectivity index (χ2v) is 18.6. The van der Waals surface area contributed by atoms with Crippen LogP contribution in [0.3, 0.4) is 0 Å². The van der Waals surface area contributed by atoms with E-state index in [1.807, 2.05) is 19.1 Å². The average Bonchev–Trinajstić information content (AvgIpc) is 3.28. The van der Waals surface area contributed by atoms with Gasteiger partial charge in [0.1, 0.15) is 31.0 Å². The molecule has 1 heterocycles. The van der Waals surface area contributed by atoms with Gasteiger partial charge in [-0.25, -0.2) is 4.57 Å². The first-order chi connectivity index (χ1) is 31.6. The largest absolute Gasteiger partial charge is 0.472 e. The summed E-state index contributed by atoms with van der Waals surface area (Å²) in [6.45, 7) is 2.74. The third-order valence-corrected chi connectivity index (χ3v) is 12.6. The predicted molar refractivity (Wildman–Crippen MR) is 250 cm³/mol. The Kier molecular flexibility index (Phi) is 31.0. The van der Waals surface area contributed by atoms with Gasteiger partial charge in [-0.3, -0.25) is 18.6 Å². The highest BCUT2D eigenvalue weighted by Crippen LogP contribution is 2.47. The average molecular weight is 957 g/mol. The van der Waals surface area contributed by atoms with Gasteiger partial charge in [-0.2, -0.15) is 0 Å². The van der Waals surface area contributed by atoms with Crippen molar-refractivity contribution >= 4 is 19.8 Å². The summed E-state index contributed by atoms with van der Waals surface area (Å²) in [6.07, 6.45) is 14.3. The zero-order valence-corrected chi connectivity index (χ0v) is 39.9. The van der Waals surface area contributed by atoms with Crippen molar-refractivity contribution in [3.63, 3.8) is 0 Å². The number of cyclic esters (lactones) is 1. The number of rotatable bonds is 21. The lowest BCUT2D eigenvalue weighted by atomic mass is 9.83. The maximum absolute atomic E-state index is 13.5. The van der Waals surface area contributed by atoms with Crippen LogP contribution in [-0.2, 0) is 32.7 Å². The van der Waals surface area contributed by atoms with Crippen molar-refractivity contribution in [1.29, 1.82) is 0 Å². The van der Waals surface area contributed by atoms with Crippen molar-refractivity contribution in [3.05, 3.63) is 72.9 Å². The van der Waals surface area contributed by atoms with E-state index in [4.69, 9.17) is 18.5 Å². The smallest absolute Gasteiger partial charge is 0.462 e. The topological polar surface area (TPSA) is 270 Å². The van der Waals surface area contributed by atoms with Crippen molar-refractivity contribution in [2.45, 2.75) is 197 Å². The van der Waals surface area contributed by atoms with Gasteiger partial charge >= 0.3 is 19.8 Å². The Hall–Kier alpha value is -2.83. The van der Waals surface area contributed by atoms with E-state index >= 15 is 0 Å². The van der Waals surface area contributed by atoms with Crippen LogP contribution < -0.4 is 0 Å². The van der Waals surface area contributed by atoms with Gasteiger partial charge in [-0.1, -0.05) is 119 Å². The second kappa shape index (κ2) is 34.5. The molecule has 2 aliphatic rings. The Morgan fingerprint density at radius 3 is 2.03 bits per heavy atom. The zero-order valence-electron chi connectivity index (χ0n) is 39.0. The van der Waals surface area contributed by atoms with E-state index in [2.05, 4.69) is 43.4 Å². The van der Waals surface area contributed by atoms with Gasteiger partial charge in [0, 0.05) is 31.1 Å². The van der Waals surface area contributed by atoms with Crippen LogP contribution >= 0.6 is 7.82 Å². The molecule has 1 aliphatic heterocycles. The molecule has 9 N–H and O–H groups in total. The van der Waals surface area contributed by atoms with Gasteiger partial charge in [0.2, 0.25) is 0 Å². The molecule has 0 aromatic rings. The third-order valence-electron chi connectivity index (χ3n) is 11.6. The lowest BCUT2D eigenvalue weighted by Gasteiger charge is -2.37. The fourth-order valence-corrected chi connectivity index (χ4v) is 8.54. The normalized spacial score (nSPS) is 32.7. The summed E-state index contributed by atoms with van der Waals surface area (Å²) in [5.74, 6) is -4.13. The molecule has 17 heteroatoms. The van der Waals surface area contributed by atoms with Crippen LogP contribution in [0, 0.1) is 11.8 Å². The lowest BCUT2D eigenvalue weighted by molar-refractivity contribution is -0.167. The van der Waals surface area contributed by atoms with Crippen molar-refractivity contribution in [3.8, 4) is 0 Å². The van der Waals surface area contributed by atoms with Crippen molar-refractivity contribution < 1.29 is 78.4 Å². The Bertz CT molecular complexity index is 1560. The summed E-state index contributed by atoms with van der Waals surface area (Å²) in [7, 11) is -5.46. The molecule has 1 saturated carbocycles. The molecular formula is C49H81O16P. The van der Waals surface area contributed by atoms with E-state index in [0.29, 0.717) is 38.5 Å². The first-order valence-electron chi connectivity index (χ1n) is 24.0. The highest BCUT2D eigenvalue weighted by Gasteiger charge is 2.49. The molecule has 66 heavy (non-hydrogen) atoms. The molecule has 0 aromatic carbocycles. The number of ether oxygens (including phenoxy) is 2. The summed E-state index contributed by atoms with van der Waals surface area (Å²) in [6, 6.07) is 0. The maximum Gasteiger partial charge on any atom is 0.472 e. The van der Waals surface area contributed by atoms with Crippen LogP contribution in [0.4, 0.5) is 0 Å². The Balaban J connectivity index is 2.21. The van der Waals surface area contributed by atoms with Gasteiger partial charge in [0.05, 0.1) is 37.1 Å². The number of fused-ring (bicyclic) bond motifs is 4. The van der Waals surface area contributed by atoms with Gasteiger partial charge < -0.3 is 55.2 Å². The Labute approximate surface area is 392 Å². The first-order valence-corrected chi connectivity index (χ1v) is 25.5. The molecule has 16 nitrogen and oxygen atoms in total. The Morgan fingerprint density at radius 2 is 1.38 bits per heavy atom. The number of hydrogen-bond donors (Lipinski definition) is 9. The predicted octanol–water partition coefficient (Wildman–Crippen LogP) is 5.88. The minimum absolute atomic E-state index is 0.0480. The molecular weight excluding hydrogens is 875 g/mol. The number of hydrogen-bond acceptors (Lipinski definition) is 15. The van der Waals surface area contributed by atoms with Crippen LogP contribution in [-0.4, -0.2) is 132 Å². The highest BCUT2D eigenvalue weighted by molar-refractivity contribution is 7.47. The minimum Gasteiger partial charge on any atom is -0.462 e. The summed E-state index contributed by atoms with van der Waals surface area (Å²) < 4.78 is 34.7. The van der Waals surface area contributed by atoms with Gasteiger partial charge in [0.25, 0.3) is 0 Å². The van der Waals surface area contributed by atoms with Crippen molar-refractivity contribution in [2.24, 2.45) is 11.8 Å². The number of aliphatic hydroxyl groups excluding tert-OH is 8. The van der Waals surface area contributed by atoms with E-state index in [-0.39, 0.29) is 19.3 Å². The monoisotopic (exact) mass is 957 g/mol. The summed E-state index contributed by atoms with van der Waals surface area (Å²) in [5.41, 5.74) is 0. The van der Waals surface area contributed by atoms with Crippen LogP contribution in [0.15, 0.2) is 72.9 Å². The van der Waals surface area contributed by atoms with Crippen LogP contribution in [0.5, 0.6) is 0 Å². The molecule has 2 bridgehead atoms. The van der Waals surface area contributed by atoms with Gasteiger partial charge in [-0.05, 0) is 70.6 Å². The molecule has 0 radical (unpaired) electrons. The fraction of sp³-hybridized carbons (Fsp3) is 0.714. The maximum atomic E-state index is 13.5. The molecule has 1 fully saturated rings. The standard InChI is InChI=1S/C49H81O16P/c1-3-5-7-8-9-10-11-12-13-14-15-16-17-18-19-20-26-30-43(54)64-37-34-62-42(53)29-25-22-21-24-28-38-40(51)33-41(52)39(32-31-36(50)27-23-6-4-2)45(56)47(58)49(48(59)46(57)44(38)55)65-66(60,61)63-35-37/h9-10,12-13,15-16,18-19,21,24,31-32,36-41,44-52,55-59H,3-8,11,14,17,20,22-23,25-30,33-35H2,1-2H3,(H,60,61)/b10-9-,13-12-,16-15-,19-18-,24-21+,32-31+/t36-,37+,38-,39-,40-,41+,44+,45+,46-,47+,48+,49+/m0/s1. The lowest BCUT2D eigenvalue weighted by Crippen LogP contribution is -2.55. The third kappa shape index (κ3) is 24.5. The number of carbonyl (C=O) groups is 2. The molecule has 0 aromatic heterocycles. The molecule has 0 spiro atoms. The second-order valence-electron chi connectivity index (χ2n) is 17.2. The quantitative estimate of drug-likeness (QED) is 0.0281. The molecule has 378 valence electrons. The molecule has 0 saturated heterocycles. The molecule has 1 unspecified atom stereocenters. The van der Waals surface area contributed by atoms with Gasteiger partial charge in [0.15, 0.2) is 6.10 Å². The number of unbranched alkanes of at least 4 members (excludes halogenated alkanes) is 6. The summed E-state index contributed by atoms with van der Waals surface area (Å²) in [4.78, 5) is 36.4. The number of aliphatic hydroxyl groups is 8.